The molecule has 0 fully saturated rings. The first-order chi connectivity index (χ1) is 11.4. The van der Waals surface area contributed by atoms with Gasteiger partial charge in [-0.25, -0.2) is 5.43 Å². The lowest BCUT2D eigenvalue weighted by Crippen LogP contribution is -2.18. The molecule has 0 unspecified atom stereocenters. The number of carbonyl (C=O) groups is 1. The van der Waals surface area contributed by atoms with Crippen LogP contribution in [0.2, 0.25) is 0 Å². The van der Waals surface area contributed by atoms with Gasteiger partial charge in [-0.15, -0.1) is 0 Å². The van der Waals surface area contributed by atoms with Crippen molar-refractivity contribution in [2.24, 2.45) is 5.10 Å². The summed E-state index contributed by atoms with van der Waals surface area (Å²) in [6.45, 7) is 0. The normalized spacial score (nSPS) is 10.5. The van der Waals surface area contributed by atoms with Crippen molar-refractivity contribution in [3.8, 4) is 0 Å². The summed E-state index contributed by atoms with van der Waals surface area (Å²) in [5, 5.41) is 25.3. The zero-order valence-electron chi connectivity index (χ0n) is 11.9. The highest BCUT2D eigenvalue weighted by Crippen LogP contribution is 2.22. The highest BCUT2D eigenvalue weighted by Gasteiger charge is 2.19. The largest absolute Gasteiger partial charge is 0.277 e. The van der Waals surface area contributed by atoms with E-state index in [1.165, 1.54) is 6.21 Å². The Hall–Kier alpha value is -2.89. The van der Waals surface area contributed by atoms with Gasteiger partial charge in [0.25, 0.3) is 17.3 Å². The maximum Gasteiger partial charge on any atom is 0.277 e. The second kappa shape index (κ2) is 7.59. The zero-order valence-corrected chi connectivity index (χ0v) is 14.0. The molecule has 0 saturated heterocycles. The van der Waals surface area contributed by atoms with Crippen molar-refractivity contribution in [1.29, 1.82) is 0 Å². The summed E-state index contributed by atoms with van der Waals surface area (Å²) >= 11 is 2.12. The van der Waals surface area contributed by atoms with E-state index in [0.717, 1.165) is 27.3 Å². The number of hydrogen-bond donors (Lipinski definition) is 1. The lowest BCUT2D eigenvalue weighted by molar-refractivity contribution is -0.394. The van der Waals surface area contributed by atoms with Gasteiger partial charge in [-0.05, 0) is 40.3 Å². The van der Waals surface area contributed by atoms with Gasteiger partial charge in [0, 0.05) is 15.7 Å². The van der Waals surface area contributed by atoms with Crippen molar-refractivity contribution in [1.82, 2.24) is 5.43 Å². The molecule has 9 nitrogen and oxygen atoms in total. The minimum absolute atomic E-state index is 0.226. The molecule has 0 aliphatic carbocycles. The van der Waals surface area contributed by atoms with Gasteiger partial charge in [0.05, 0.1) is 27.7 Å². The van der Waals surface area contributed by atoms with E-state index in [1.54, 1.807) is 6.07 Å². The van der Waals surface area contributed by atoms with Gasteiger partial charge in [0.15, 0.2) is 0 Å². The first-order valence-corrected chi connectivity index (χ1v) is 7.47. The number of amides is 1. The number of nitro benzene ring substituents is 2. The van der Waals surface area contributed by atoms with Gasteiger partial charge in [-0.3, -0.25) is 25.0 Å². The average Bonchev–Trinajstić information content (AvgIpc) is 2.54. The Labute approximate surface area is 148 Å². The van der Waals surface area contributed by atoms with Gasteiger partial charge in [0.1, 0.15) is 0 Å². The summed E-state index contributed by atoms with van der Waals surface area (Å²) in [6.07, 6.45) is 1.39. The molecule has 0 aliphatic heterocycles. The van der Waals surface area contributed by atoms with Gasteiger partial charge in [0.2, 0.25) is 0 Å². The molecule has 0 saturated carbocycles. The van der Waals surface area contributed by atoms with Crippen LogP contribution in [0.15, 0.2) is 47.6 Å². The molecular weight excluding hydrogens is 431 g/mol. The molecule has 2 rings (SSSR count). The number of hydrogen-bond acceptors (Lipinski definition) is 6. The number of benzene rings is 2. The number of carbonyl (C=O) groups excluding carboxylic acids is 1. The second-order valence-electron chi connectivity index (χ2n) is 4.51. The van der Waals surface area contributed by atoms with Crippen LogP contribution in [0.3, 0.4) is 0 Å². The van der Waals surface area contributed by atoms with Crippen LogP contribution in [0, 0.1) is 23.8 Å². The fourth-order valence-corrected chi connectivity index (χ4v) is 2.32. The summed E-state index contributed by atoms with van der Waals surface area (Å²) in [7, 11) is 0. The number of rotatable bonds is 5. The van der Waals surface area contributed by atoms with Crippen LogP contribution in [0.5, 0.6) is 0 Å². The molecule has 0 bridgehead atoms. The monoisotopic (exact) mass is 440 g/mol. The third kappa shape index (κ3) is 4.55. The Morgan fingerprint density at radius 3 is 2.25 bits per heavy atom. The number of nitrogens with one attached hydrogen (secondary N) is 1. The van der Waals surface area contributed by atoms with E-state index in [4.69, 9.17) is 0 Å². The van der Waals surface area contributed by atoms with Gasteiger partial charge in [-0.1, -0.05) is 12.1 Å². The van der Waals surface area contributed by atoms with E-state index < -0.39 is 27.1 Å². The molecule has 0 spiro atoms. The zero-order chi connectivity index (χ0) is 17.7. The van der Waals surface area contributed by atoms with Crippen LogP contribution >= 0.6 is 22.6 Å². The number of halogens is 1. The van der Waals surface area contributed by atoms with E-state index in [-0.39, 0.29) is 5.56 Å². The molecule has 2 aromatic rings. The van der Waals surface area contributed by atoms with Crippen LogP contribution in [-0.4, -0.2) is 22.0 Å². The lowest BCUT2D eigenvalue weighted by Gasteiger charge is -2.01. The van der Waals surface area contributed by atoms with Crippen molar-refractivity contribution >= 4 is 46.1 Å². The van der Waals surface area contributed by atoms with Crippen LogP contribution in [-0.2, 0) is 0 Å². The first kappa shape index (κ1) is 17.5. The Balaban J connectivity index is 2.20. The van der Waals surface area contributed by atoms with E-state index in [1.807, 2.05) is 18.2 Å². The molecule has 0 aliphatic rings. The number of nitrogens with zero attached hydrogens (tertiary/aromatic N) is 3. The Bertz CT molecular complexity index is 821. The van der Waals surface area contributed by atoms with Crippen LogP contribution in [0.4, 0.5) is 11.4 Å². The molecule has 0 aromatic heterocycles. The van der Waals surface area contributed by atoms with Crippen molar-refractivity contribution < 1.29 is 14.6 Å². The van der Waals surface area contributed by atoms with Crippen molar-refractivity contribution in [2.45, 2.75) is 0 Å². The highest BCUT2D eigenvalue weighted by molar-refractivity contribution is 14.1. The molecule has 122 valence electrons. The average molecular weight is 440 g/mol. The summed E-state index contributed by atoms with van der Waals surface area (Å²) < 4.78 is 0.984. The van der Waals surface area contributed by atoms with Gasteiger partial charge >= 0.3 is 0 Å². The van der Waals surface area contributed by atoms with Crippen LogP contribution < -0.4 is 5.43 Å². The van der Waals surface area contributed by atoms with Crippen molar-refractivity contribution in [2.75, 3.05) is 0 Å². The Morgan fingerprint density at radius 1 is 1.08 bits per heavy atom. The smallest absolute Gasteiger partial charge is 0.267 e. The topological polar surface area (TPSA) is 128 Å². The fourth-order valence-electron chi connectivity index (χ4n) is 1.75. The summed E-state index contributed by atoms with van der Waals surface area (Å²) in [4.78, 5) is 32.0. The number of nitro groups is 2. The maximum absolute atomic E-state index is 12.0. The summed E-state index contributed by atoms with van der Waals surface area (Å²) in [5.41, 5.74) is 1.61. The van der Waals surface area contributed by atoms with Crippen molar-refractivity contribution in [3.05, 3.63) is 77.4 Å². The standard InChI is InChI=1S/C14H9IN4O5/c15-11-3-1-2-9(4-11)8-16-17-14(20)10-5-12(18(21)22)7-13(6-10)19(23)24/h1-8H,(H,17,20)/b16-8+. The minimum atomic E-state index is -0.807. The third-order valence-corrected chi connectivity index (χ3v) is 3.49. The quantitative estimate of drug-likeness (QED) is 0.331. The van der Waals surface area contributed by atoms with Crippen LogP contribution in [0.25, 0.3) is 0 Å². The molecule has 1 N–H and O–H groups in total. The van der Waals surface area contributed by atoms with Crippen LogP contribution in [0.1, 0.15) is 15.9 Å². The third-order valence-electron chi connectivity index (χ3n) is 2.81. The van der Waals surface area contributed by atoms with E-state index in [9.17, 15) is 25.0 Å². The molecule has 10 heteroatoms. The van der Waals surface area contributed by atoms with Crippen molar-refractivity contribution in [3.63, 3.8) is 0 Å². The van der Waals surface area contributed by atoms with E-state index >= 15 is 0 Å². The summed E-state index contributed by atoms with van der Waals surface area (Å²) in [6, 6.07) is 9.98. The number of hydrazone groups is 1. The SMILES string of the molecule is O=C(N/N=C/c1cccc(I)c1)c1cc([N+](=O)[O-])cc([N+](=O)[O-])c1. The van der Waals surface area contributed by atoms with Gasteiger partial charge < -0.3 is 0 Å². The second-order valence-corrected chi connectivity index (χ2v) is 5.75. The van der Waals surface area contributed by atoms with E-state index in [0.29, 0.717) is 0 Å². The molecule has 0 atom stereocenters. The predicted octanol–water partition coefficient (Wildman–Crippen LogP) is 2.87. The highest BCUT2D eigenvalue weighted by atomic mass is 127. The Kier molecular flexibility index (Phi) is 5.52. The number of non-ortho nitro benzene ring substituents is 2. The Morgan fingerprint density at radius 2 is 1.71 bits per heavy atom. The molecule has 1 amide bonds. The summed E-state index contributed by atoms with van der Waals surface area (Å²) in [5.74, 6) is -0.788. The lowest BCUT2D eigenvalue weighted by atomic mass is 10.1. The molecule has 24 heavy (non-hydrogen) atoms. The molecular formula is C14H9IN4O5. The molecule has 0 heterocycles. The van der Waals surface area contributed by atoms with Gasteiger partial charge in [-0.2, -0.15) is 5.10 Å². The molecule has 0 radical (unpaired) electrons. The minimum Gasteiger partial charge on any atom is -0.267 e. The van der Waals surface area contributed by atoms with E-state index in [2.05, 4.69) is 33.1 Å². The first-order valence-electron chi connectivity index (χ1n) is 6.39. The maximum atomic E-state index is 12.0. The molecule has 2 aromatic carbocycles. The predicted molar refractivity (Wildman–Crippen MR) is 94.0 cm³/mol. The fraction of sp³-hybridized carbons (Fsp3) is 0.